The van der Waals surface area contributed by atoms with Crippen molar-refractivity contribution >= 4 is 28.7 Å². The second-order valence-corrected chi connectivity index (χ2v) is 9.28. The third kappa shape index (κ3) is 4.75. The number of fused-ring (bicyclic) bond motifs is 1. The molecule has 1 aliphatic heterocycles. The number of nitrogens with one attached hydrogen (secondary N) is 1. The molecule has 1 aliphatic carbocycles. The topological polar surface area (TPSA) is 99.9 Å². The predicted molar refractivity (Wildman–Crippen MR) is 124 cm³/mol. The van der Waals surface area contributed by atoms with Crippen molar-refractivity contribution < 1.29 is 32.6 Å². The number of anilines is 1. The van der Waals surface area contributed by atoms with E-state index < -0.39 is 29.3 Å². The molecule has 0 atom stereocenters. The summed E-state index contributed by atoms with van der Waals surface area (Å²) in [7, 11) is 0. The number of aromatic amines is 1. The maximum Gasteiger partial charge on any atom is 0.416 e. The highest BCUT2D eigenvalue weighted by molar-refractivity contribution is 5.95. The number of aliphatic hydroxyl groups is 1. The zero-order valence-electron chi connectivity index (χ0n) is 19.3. The van der Waals surface area contributed by atoms with E-state index in [-0.39, 0.29) is 17.7 Å². The lowest BCUT2D eigenvalue weighted by molar-refractivity contribution is -0.137. The predicted octanol–water partition coefficient (Wildman–Crippen LogP) is 4.38. The fourth-order valence-corrected chi connectivity index (χ4v) is 4.84. The molecule has 0 spiro atoms. The van der Waals surface area contributed by atoms with Gasteiger partial charge in [-0.15, -0.1) is 0 Å². The number of hydrogen-bond acceptors (Lipinski definition) is 4. The Morgan fingerprint density at radius 2 is 1.92 bits per heavy atom. The molecular weight excluding hydrogens is 477 g/mol. The van der Waals surface area contributed by atoms with Crippen LogP contribution >= 0.6 is 0 Å². The number of nitrogens with zero attached hydrogens (tertiary/aromatic N) is 3. The van der Waals surface area contributed by atoms with Gasteiger partial charge < -0.3 is 19.4 Å². The molecule has 2 amide bonds. The highest BCUT2D eigenvalue weighted by Gasteiger charge is 2.33. The Bertz CT molecular complexity index is 1390. The number of cyclic esters (lactones) is 1. The number of hydrogen-bond donors (Lipinski definition) is 2. The second kappa shape index (κ2) is 9.12. The molecule has 0 radical (unpaired) electrons. The minimum absolute atomic E-state index is 0.103. The smallest absolute Gasteiger partial charge is 0.416 e. The van der Waals surface area contributed by atoms with Gasteiger partial charge in [0.15, 0.2) is 0 Å². The van der Waals surface area contributed by atoms with Gasteiger partial charge in [0.25, 0.3) is 5.91 Å². The summed E-state index contributed by atoms with van der Waals surface area (Å²) in [6.45, 7) is 1.02. The number of alkyl halides is 3. The number of rotatable bonds is 4. The van der Waals surface area contributed by atoms with Crippen molar-refractivity contribution in [3.63, 3.8) is 0 Å². The molecule has 2 fully saturated rings. The van der Waals surface area contributed by atoms with Gasteiger partial charge in [-0.25, -0.2) is 4.79 Å². The van der Waals surface area contributed by atoms with Crippen LogP contribution in [0, 0.1) is 0 Å². The average molecular weight is 502 g/mol. The molecule has 3 aromatic rings. The largest absolute Gasteiger partial charge is 0.449 e. The van der Waals surface area contributed by atoms with Gasteiger partial charge in [0, 0.05) is 17.8 Å². The van der Waals surface area contributed by atoms with Crippen molar-refractivity contribution in [1.29, 1.82) is 0 Å². The van der Waals surface area contributed by atoms with Gasteiger partial charge >= 0.3 is 12.3 Å². The van der Waals surface area contributed by atoms with Gasteiger partial charge in [0.2, 0.25) is 5.62 Å². The number of amides is 2. The third-order valence-electron chi connectivity index (χ3n) is 6.69. The Labute approximate surface area is 204 Å². The number of halogens is 3. The first-order valence-electron chi connectivity index (χ1n) is 11.8. The van der Waals surface area contributed by atoms with E-state index in [9.17, 15) is 27.9 Å². The molecule has 190 valence electrons. The highest BCUT2D eigenvalue weighted by Crippen LogP contribution is 2.32. The van der Waals surface area contributed by atoms with Crippen molar-refractivity contribution in [2.24, 2.45) is 4.99 Å². The summed E-state index contributed by atoms with van der Waals surface area (Å²) >= 11 is 0. The first kappa shape index (κ1) is 24.1. The fraction of sp³-hybridized carbons (Fsp3) is 0.400. The Morgan fingerprint density at radius 3 is 2.64 bits per heavy atom. The van der Waals surface area contributed by atoms with Crippen LogP contribution in [-0.2, 0) is 17.5 Å². The quantitative estimate of drug-likeness (QED) is 0.553. The molecule has 2 N–H and O–H groups in total. The van der Waals surface area contributed by atoms with E-state index in [1.807, 2.05) is 0 Å². The van der Waals surface area contributed by atoms with Gasteiger partial charge in [0.05, 0.1) is 35.3 Å². The summed E-state index contributed by atoms with van der Waals surface area (Å²) in [6, 6.07) is 9.33. The first-order valence-corrected chi connectivity index (χ1v) is 11.8. The van der Waals surface area contributed by atoms with Gasteiger partial charge in [-0.3, -0.25) is 9.69 Å². The van der Waals surface area contributed by atoms with Crippen LogP contribution in [-0.4, -0.2) is 45.4 Å². The third-order valence-corrected chi connectivity index (χ3v) is 6.69. The molecule has 1 saturated heterocycles. The molecule has 1 aromatic heterocycles. The van der Waals surface area contributed by atoms with E-state index in [1.54, 1.807) is 22.8 Å². The van der Waals surface area contributed by atoms with Crippen LogP contribution in [0.15, 0.2) is 47.5 Å². The van der Waals surface area contributed by atoms with Crippen molar-refractivity contribution in [3.8, 4) is 0 Å². The monoisotopic (exact) mass is 502 g/mol. The molecule has 1 saturated carbocycles. The molecular formula is C25H25F3N4O4. The number of aromatic nitrogens is 2. The summed E-state index contributed by atoms with van der Waals surface area (Å²) < 4.78 is 46.2. The fourth-order valence-electron chi connectivity index (χ4n) is 4.84. The minimum atomic E-state index is -4.59. The van der Waals surface area contributed by atoms with Gasteiger partial charge in [-0.05, 0) is 55.7 Å². The Morgan fingerprint density at radius 1 is 1.14 bits per heavy atom. The van der Waals surface area contributed by atoms with Crippen molar-refractivity contribution in [2.75, 3.05) is 18.1 Å². The van der Waals surface area contributed by atoms with Crippen molar-refractivity contribution in [3.05, 3.63) is 59.2 Å². The lowest BCUT2D eigenvalue weighted by Gasteiger charge is -2.26. The number of ether oxygens (including phenoxy) is 1. The Kier molecular flexibility index (Phi) is 6.11. The molecule has 8 nitrogen and oxygen atoms in total. The zero-order valence-corrected chi connectivity index (χ0v) is 19.3. The standard InChI is InChI=1S/C25H25F3N4O4/c26-25(27,28)17-6-3-5-16(13-17)21(33)30-22-29-19-14-18(31-11-4-12-36-23(31)34)7-8-20(19)32(22)15-24(35)9-1-2-10-24/h3,5-8,13-14,35H,1-2,4,9-12,15H2,(H,29,30,33). The molecule has 2 aliphatic rings. The molecule has 0 unspecified atom stereocenters. The van der Waals surface area contributed by atoms with Crippen LogP contribution in [0.5, 0.6) is 0 Å². The van der Waals surface area contributed by atoms with E-state index >= 15 is 0 Å². The van der Waals surface area contributed by atoms with Crippen LogP contribution in [0.3, 0.4) is 0 Å². The second-order valence-electron chi connectivity index (χ2n) is 9.28. The molecule has 11 heteroatoms. The average Bonchev–Trinajstić information content (AvgIpc) is 3.42. The minimum Gasteiger partial charge on any atom is -0.449 e. The molecule has 36 heavy (non-hydrogen) atoms. The SMILES string of the molecule is O=C(/N=c1\[nH]c2cc(N3CCCOC3=O)ccc2n1CC1(O)CCCC1)c1cccc(C(F)(F)F)c1. The van der Waals surface area contributed by atoms with Crippen LogP contribution < -0.4 is 10.5 Å². The van der Waals surface area contributed by atoms with E-state index in [2.05, 4.69) is 9.98 Å². The van der Waals surface area contributed by atoms with Gasteiger partial charge in [-0.2, -0.15) is 18.2 Å². The van der Waals surface area contributed by atoms with Crippen LogP contribution in [0.1, 0.15) is 48.0 Å². The highest BCUT2D eigenvalue weighted by atomic mass is 19.4. The number of imidazole rings is 1. The maximum absolute atomic E-state index is 13.1. The van der Waals surface area contributed by atoms with E-state index in [0.717, 1.165) is 31.0 Å². The summed E-state index contributed by atoms with van der Waals surface area (Å²) in [6.07, 6.45) is -1.43. The van der Waals surface area contributed by atoms with Crippen LogP contribution in [0.2, 0.25) is 0 Å². The normalized spacial score (nSPS) is 18.6. The Hall–Kier alpha value is -3.60. The van der Waals surface area contributed by atoms with Crippen molar-refractivity contribution in [1.82, 2.24) is 9.55 Å². The van der Waals surface area contributed by atoms with E-state index in [4.69, 9.17) is 4.74 Å². The molecule has 0 bridgehead atoms. The lowest BCUT2D eigenvalue weighted by Crippen LogP contribution is -2.37. The zero-order chi connectivity index (χ0) is 25.5. The summed E-state index contributed by atoms with van der Waals surface area (Å²) in [4.78, 5) is 33.8. The van der Waals surface area contributed by atoms with E-state index in [1.165, 1.54) is 11.0 Å². The first-order chi connectivity index (χ1) is 17.1. The van der Waals surface area contributed by atoms with Crippen molar-refractivity contribution in [2.45, 2.75) is 50.4 Å². The van der Waals surface area contributed by atoms with E-state index in [0.29, 0.717) is 49.1 Å². The van der Waals surface area contributed by atoms with Crippen LogP contribution in [0.25, 0.3) is 11.0 Å². The lowest BCUT2D eigenvalue weighted by atomic mass is 10.0. The summed E-state index contributed by atoms with van der Waals surface area (Å²) in [5, 5.41) is 11.1. The van der Waals surface area contributed by atoms with Gasteiger partial charge in [-0.1, -0.05) is 18.9 Å². The summed E-state index contributed by atoms with van der Waals surface area (Å²) in [5.74, 6) is -0.848. The molecule has 5 rings (SSSR count). The Balaban J connectivity index is 1.59. The number of carbonyl (C=O) groups excluding carboxylic acids is 2. The number of H-pyrrole nitrogens is 1. The molecule has 2 aromatic carbocycles. The summed E-state index contributed by atoms with van der Waals surface area (Å²) in [5.41, 5.74) is -0.235. The van der Waals surface area contributed by atoms with Gasteiger partial charge in [0.1, 0.15) is 0 Å². The number of benzene rings is 2. The maximum atomic E-state index is 13.1. The van der Waals surface area contributed by atoms with Crippen LogP contribution in [0.4, 0.5) is 23.7 Å². The number of carbonyl (C=O) groups is 2. The molecule has 2 heterocycles.